The first-order chi connectivity index (χ1) is 13.4. The molecular weight excluding hydrogens is 417 g/mol. The number of amides is 1. The largest absolute Gasteiger partial charge is 0.326 e. The number of hydrogen-bond acceptors (Lipinski definition) is 3. The Morgan fingerprint density at radius 2 is 1.73 bits per heavy atom. The van der Waals surface area contributed by atoms with E-state index in [9.17, 15) is 4.79 Å². The first-order valence-corrected chi connectivity index (χ1v) is 10.5. The molecule has 1 aliphatic carbocycles. The third kappa shape index (κ3) is 5.96. The van der Waals surface area contributed by atoms with Gasteiger partial charge in [0, 0.05) is 23.7 Å². The number of anilines is 1. The lowest BCUT2D eigenvalue weighted by atomic mass is 9.92. The van der Waals surface area contributed by atoms with Crippen molar-refractivity contribution in [3.05, 3.63) is 46.8 Å². The third-order valence-electron chi connectivity index (χ3n) is 5.68. The maximum Gasteiger partial charge on any atom is 0.227 e. The number of halogens is 2. The van der Waals surface area contributed by atoms with E-state index in [1.807, 2.05) is 6.92 Å². The zero-order chi connectivity index (χ0) is 20.3. The van der Waals surface area contributed by atoms with Crippen molar-refractivity contribution in [1.82, 2.24) is 4.98 Å². The standard InChI is InChI=1S/C24H33N3O.2ClH/c1-15(2)13-21-20(14-25)22(18-11-9-16(3)10-12-18)23(17(4)26-21)27-24(28)19-7-5-6-8-19;;/h9-12,15,19H,5-8,13-14,25H2,1-4H3,(H,27,28);2*1H. The summed E-state index contributed by atoms with van der Waals surface area (Å²) >= 11 is 0. The van der Waals surface area contributed by atoms with Crippen LogP contribution in [0.2, 0.25) is 0 Å². The van der Waals surface area contributed by atoms with Crippen LogP contribution in [0.15, 0.2) is 24.3 Å². The molecule has 1 saturated carbocycles. The Balaban J connectivity index is 0.00000225. The Morgan fingerprint density at radius 3 is 2.27 bits per heavy atom. The van der Waals surface area contributed by atoms with Crippen LogP contribution in [-0.4, -0.2) is 10.9 Å². The molecule has 2 aromatic rings. The molecule has 30 heavy (non-hydrogen) atoms. The predicted octanol–water partition coefficient (Wildman–Crippen LogP) is 5.99. The van der Waals surface area contributed by atoms with Gasteiger partial charge in [0.15, 0.2) is 0 Å². The molecule has 0 radical (unpaired) electrons. The van der Waals surface area contributed by atoms with Crippen molar-refractivity contribution in [2.24, 2.45) is 17.6 Å². The highest BCUT2D eigenvalue weighted by Crippen LogP contribution is 2.37. The van der Waals surface area contributed by atoms with Crippen molar-refractivity contribution in [2.75, 3.05) is 5.32 Å². The Labute approximate surface area is 193 Å². The number of benzene rings is 1. The van der Waals surface area contributed by atoms with E-state index in [0.29, 0.717) is 12.5 Å². The molecule has 4 nitrogen and oxygen atoms in total. The summed E-state index contributed by atoms with van der Waals surface area (Å²) in [5.74, 6) is 0.722. The summed E-state index contributed by atoms with van der Waals surface area (Å²) in [6, 6.07) is 8.45. The number of carbonyl (C=O) groups is 1. The summed E-state index contributed by atoms with van der Waals surface area (Å²) in [5.41, 5.74) is 13.3. The summed E-state index contributed by atoms with van der Waals surface area (Å²) in [4.78, 5) is 17.8. The van der Waals surface area contributed by atoms with E-state index in [2.05, 4.69) is 50.4 Å². The Kier molecular flexibility index (Phi) is 10.3. The maximum atomic E-state index is 12.9. The Hall–Kier alpha value is -1.62. The highest BCUT2D eigenvalue weighted by atomic mass is 35.5. The number of nitrogens with one attached hydrogen (secondary N) is 1. The number of nitrogens with two attached hydrogens (primary N) is 1. The van der Waals surface area contributed by atoms with Gasteiger partial charge in [-0.1, -0.05) is 56.5 Å². The second-order valence-corrected chi connectivity index (χ2v) is 8.51. The molecule has 0 bridgehead atoms. The SMILES string of the molecule is Cc1ccc(-c2c(CN)c(CC(C)C)nc(C)c2NC(=O)C2CCCC2)cc1.Cl.Cl. The van der Waals surface area contributed by atoms with Crippen molar-refractivity contribution < 1.29 is 4.79 Å². The Morgan fingerprint density at radius 1 is 1.13 bits per heavy atom. The van der Waals surface area contributed by atoms with Crippen molar-refractivity contribution in [3.8, 4) is 11.1 Å². The maximum absolute atomic E-state index is 12.9. The van der Waals surface area contributed by atoms with Gasteiger partial charge in [0.1, 0.15) is 0 Å². The van der Waals surface area contributed by atoms with Gasteiger partial charge in [-0.25, -0.2) is 0 Å². The van der Waals surface area contributed by atoms with E-state index < -0.39 is 0 Å². The zero-order valence-electron chi connectivity index (χ0n) is 18.5. The van der Waals surface area contributed by atoms with Gasteiger partial charge in [0.25, 0.3) is 0 Å². The van der Waals surface area contributed by atoms with Gasteiger partial charge < -0.3 is 11.1 Å². The molecule has 1 fully saturated rings. The normalized spacial score (nSPS) is 13.7. The van der Waals surface area contributed by atoms with E-state index >= 15 is 0 Å². The van der Waals surface area contributed by atoms with Crippen LogP contribution in [0.1, 0.15) is 62.0 Å². The summed E-state index contributed by atoms with van der Waals surface area (Å²) in [6.45, 7) is 8.87. The van der Waals surface area contributed by atoms with Crippen LogP contribution < -0.4 is 11.1 Å². The lowest BCUT2D eigenvalue weighted by Crippen LogP contribution is -2.23. The molecule has 3 N–H and O–H groups in total. The molecule has 1 aromatic carbocycles. The Bertz CT molecular complexity index is 845. The number of nitrogens with zero attached hydrogens (tertiary/aromatic N) is 1. The number of rotatable bonds is 6. The van der Waals surface area contributed by atoms with Gasteiger partial charge in [-0.15, -0.1) is 24.8 Å². The van der Waals surface area contributed by atoms with Crippen LogP contribution in [0.25, 0.3) is 11.1 Å². The van der Waals surface area contributed by atoms with Crippen LogP contribution in [0.5, 0.6) is 0 Å². The number of hydrogen-bond donors (Lipinski definition) is 2. The summed E-state index contributed by atoms with van der Waals surface area (Å²) in [6.07, 6.45) is 5.12. The lowest BCUT2D eigenvalue weighted by Gasteiger charge is -2.22. The number of aromatic nitrogens is 1. The minimum Gasteiger partial charge on any atom is -0.326 e. The van der Waals surface area contributed by atoms with E-state index in [-0.39, 0.29) is 36.6 Å². The second-order valence-electron chi connectivity index (χ2n) is 8.51. The molecule has 1 aliphatic rings. The molecule has 0 aliphatic heterocycles. The number of carbonyl (C=O) groups excluding carboxylic acids is 1. The monoisotopic (exact) mass is 451 g/mol. The fourth-order valence-electron chi connectivity index (χ4n) is 4.18. The van der Waals surface area contributed by atoms with Gasteiger partial charge in [-0.2, -0.15) is 0 Å². The van der Waals surface area contributed by atoms with Gasteiger partial charge in [-0.05, 0) is 50.2 Å². The first-order valence-electron chi connectivity index (χ1n) is 10.5. The fraction of sp³-hybridized carbons (Fsp3) is 0.500. The van der Waals surface area contributed by atoms with Crippen molar-refractivity contribution in [2.45, 2.75) is 66.3 Å². The number of aryl methyl sites for hydroxylation is 2. The van der Waals surface area contributed by atoms with Crippen molar-refractivity contribution >= 4 is 36.4 Å². The predicted molar refractivity (Wildman–Crippen MR) is 131 cm³/mol. The summed E-state index contributed by atoms with van der Waals surface area (Å²) in [7, 11) is 0. The minimum atomic E-state index is 0. The first kappa shape index (κ1) is 26.4. The molecule has 1 aromatic heterocycles. The molecule has 166 valence electrons. The highest BCUT2D eigenvalue weighted by molar-refractivity contribution is 5.98. The molecule has 1 heterocycles. The lowest BCUT2D eigenvalue weighted by molar-refractivity contribution is -0.119. The molecule has 0 spiro atoms. The van der Waals surface area contributed by atoms with Gasteiger partial charge in [-0.3, -0.25) is 9.78 Å². The molecule has 0 unspecified atom stereocenters. The highest BCUT2D eigenvalue weighted by Gasteiger charge is 2.26. The zero-order valence-corrected chi connectivity index (χ0v) is 20.1. The minimum absolute atomic E-state index is 0. The van der Waals surface area contributed by atoms with E-state index in [1.54, 1.807) is 0 Å². The van der Waals surface area contributed by atoms with E-state index in [1.165, 1.54) is 5.56 Å². The van der Waals surface area contributed by atoms with Gasteiger partial charge in [0.05, 0.1) is 11.4 Å². The van der Waals surface area contributed by atoms with Crippen LogP contribution in [-0.2, 0) is 17.8 Å². The van der Waals surface area contributed by atoms with E-state index in [0.717, 1.165) is 65.9 Å². The van der Waals surface area contributed by atoms with Crippen LogP contribution in [0.3, 0.4) is 0 Å². The molecular formula is C24H35Cl2N3O. The van der Waals surface area contributed by atoms with Crippen LogP contribution >= 0.6 is 24.8 Å². The smallest absolute Gasteiger partial charge is 0.227 e. The topological polar surface area (TPSA) is 68.0 Å². The van der Waals surface area contributed by atoms with Crippen molar-refractivity contribution in [1.29, 1.82) is 0 Å². The summed E-state index contributed by atoms with van der Waals surface area (Å²) in [5, 5.41) is 3.23. The average molecular weight is 452 g/mol. The number of pyridine rings is 1. The van der Waals surface area contributed by atoms with Crippen LogP contribution in [0, 0.1) is 25.7 Å². The van der Waals surface area contributed by atoms with E-state index in [4.69, 9.17) is 10.7 Å². The fourth-order valence-corrected chi connectivity index (χ4v) is 4.18. The van der Waals surface area contributed by atoms with Gasteiger partial charge in [0.2, 0.25) is 5.91 Å². The molecule has 0 saturated heterocycles. The van der Waals surface area contributed by atoms with Gasteiger partial charge >= 0.3 is 0 Å². The van der Waals surface area contributed by atoms with Crippen LogP contribution in [0.4, 0.5) is 5.69 Å². The molecule has 6 heteroatoms. The molecule has 0 atom stereocenters. The molecule has 3 rings (SSSR count). The summed E-state index contributed by atoms with van der Waals surface area (Å²) < 4.78 is 0. The quantitative estimate of drug-likeness (QED) is 0.565. The second kappa shape index (κ2) is 11.7. The molecule has 1 amide bonds. The van der Waals surface area contributed by atoms with Crippen molar-refractivity contribution in [3.63, 3.8) is 0 Å². The average Bonchev–Trinajstić information content (AvgIpc) is 3.18. The third-order valence-corrected chi connectivity index (χ3v) is 5.68.